The van der Waals surface area contributed by atoms with Crippen LogP contribution in [0.1, 0.15) is 29.3 Å². The lowest BCUT2D eigenvalue weighted by Crippen LogP contribution is -1.96. The molecule has 21 heavy (non-hydrogen) atoms. The van der Waals surface area contributed by atoms with Crippen LogP contribution in [0.5, 0.6) is 11.5 Å². The van der Waals surface area contributed by atoms with E-state index in [0.29, 0.717) is 17.7 Å². The molecule has 2 aromatic carbocycles. The quantitative estimate of drug-likeness (QED) is 0.859. The minimum absolute atomic E-state index is 0.0401. The Morgan fingerprint density at radius 2 is 2.10 bits per heavy atom. The molecule has 3 nitrogen and oxygen atoms in total. The molecule has 0 aliphatic carbocycles. The highest BCUT2D eigenvalue weighted by molar-refractivity contribution is 7.98. The molecule has 4 heteroatoms. The van der Waals surface area contributed by atoms with Crippen LogP contribution in [0, 0.1) is 0 Å². The molecule has 2 bridgehead atoms. The van der Waals surface area contributed by atoms with Gasteiger partial charge in [0.25, 0.3) is 0 Å². The summed E-state index contributed by atoms with van der Waals surface area (Å²) in [4.78, 5) is 12.7. The van der Waals surface area contributed by atoms with Crippen molar-refractivity contribution in [2.75, 3.05) is 7.11 Å². The number of rotatable bonds is 3. The SMILES string of the molecule is CCC(=O)c1ccc(O)c(OC)c1.c1cc2cc(c1)SC2. The first-order valence-corrected chi connectivity index (χ1v) is 7.74. The second kappa shape index (κ2) is 7.18. The molecule has 110 valence electrons. The summed E-state index contributed by atoms with van der Waals surface area (Å²) in [7, 11) is 1.45. The molecule has 0 unspecified atom stereocenters. The number of phenols is 1. The monoisotopic (exact) mass is 302 g/mol. The summed E-state index contributed by atoms with van der Waals surface area (Å²) in [6.07, 6.45) is 0.452. The third-order valence-electron chi connectivity index (χ3n) is 3.13. The molecule has 1 aliphatic rings. The van der Waals surface area contributed by atoms with Crippen LogP contribution < -0.4 is 4.74 Å². The van der Waals surface area contributed by atoms with Gasteiger partial charge >= 0.3 is 0 Å². The number of phenolic OH excluding ortho intramolecular Hbond substituents is 1. The summed E-state index contributed by atoms with van der Waals surface area (Å²) in [5, 5.41) is 9.25. The molecule has 1 aliphatic heterocycles. The maximum Gasteiger partial charge on any atom is 0.162 e. The van der Waals surface area contributed by atoms with E-state index in [4.69, 9.17) is 4.74 Å². The van der Waals surface area contributed by atoms with Crippen LogP contribution in [0.25, 0.3) is 0 Å². The molecule has 0 aromatic heterocycles. The van der Waals surface area contributed by atoms with Crippen molar-refractivity contribution in [1.29, 1.82) is 0 Å². The lowest BCUT2D eigenvalue weighted by Gasteiger charge is -2.04. The van der Waals surface area contributed by atoms with Crippen molar-refractivity contribution in [3.8, 4) is 11.5 Å². The van der Waals surface area contributed by atoms with Gasteiger partial charge in [0.15, 0.2) is 17.3 Å². The van der Waals surface area contributed by atoms with Gasteiger partial charge in [0.2, 0.25) is 0 Å². The molecular formula is C17H18O3S. The lowest BCUT2D eigenvalue weighted by atomic mass is 10.1. The van der Waals surface area contributed by atoms with Crippen LogP contribution in [0.3, 0.4) is 0 Å². The molecule has 1 heterocycles. The fourth-order valence-corrected chi connectivity index (χ4v) is 2.87. The van der Waals surface area contributed by atoms with E-state index >= 15 is 0 Å². The van der Waals surface area contributed by atoms with Gasteiger partial charge in [-0.05, 0) is 35.9 Å². The predicted octanol–water partition coefficient (Wildman–Crippen LogP) is 4.29. The molecule has 0 atom stereocenters. The van der Waals surface area contributed by atoms with Gasteiger partial charge in [-0.15, -0.1) is 11.8 Å². The van der Waals surface area contributed by atoms with E-state index in [1.54, 1.807) is 19.1 Å². The van der Waals surface area contributed by atoms with E-state index < -0.39 is 0 Å². The second-order valence-electron chi connectivity index (χ2n) is 4.60. The maximum atomic E-state index is 11.3. The first-order chi connectivity index (χ1) is 10.1. The number of carbonyl (C=O) groups excluding carboxylic acids is 1. The normalized spacial score (nSPS) is 11.5. The lowest BCUT2D eigenvalue weighted by molar-refractivity contribution is 0.0988. The summed E-state index contributed by atoms with van der Waals surface area (Å²) in [5.74, 6) is 1.61. The largest absolute Gasteiger partial charge is 0.504 e. The average Bonchev–Trinajstić information content (AvgIpc) is 2.85. The first-order valence-electron chi connectivity index (χ1n) is 6.76. The molecule has 0 fully saturated rings. The van der Waals surface area contributed by atoms with Gasteiger partial charge in [-0.3, -0.25) is 4.79 Å². The van der Waals surface area contributed by atoms with Gasteiger partial charge in [-0.25, -0.2) is 0 Å². The average molecular weight is 302 g/mol. The van der Waals surface area contributed by atoms with Crippen LogP contribution >= 0.6 is 11.8 Å². The Morgan fingerprint density at radius 3 is 2.71 bits per heavy atom. The topological polar surface area (TPSA) is 46.5 Å². The number of fused-ring (bicyclic) bond motifs is 2. The fourth-order valence-electron chi connectivity index (χ4n) is 1.95. The van der Waals surface area contributed by atoms with E-state index in [1.165, 1.54) is 29.4 Å². The van der Waals surface area contributed by atoms with Gasteiger partial charge in [-0.2, -0.15) is 0 Å². The van der Waals surface area contributed by atoms with Gasteiger partial charge in [-0.1, -0.05) is 19.1 Å². The Morgan fingerprint density at radius 1 is 1.29 bits per heavy atom. The molecule has 1 N–H and O–H groups in total. The van der Waals surface area contributed by atoms with Crippen molar-refractivity contribution in [2.24, 2.45) is 0 Å². The highest BCUT2D eigenvalue weighted by atomic mass is 32.2. The Bertz CT molecular complexity index is 618. The number of hydrogen-bond donors (Lipinski definition) is 1. The van der Waals surface area contributed by atoms with Crippen molar-refractivity contribution in [1.82, 2.24) is 0 Å². The van der Waals surface area contributed by atoms with Crippen LogP contribution in [0.15, 0.2) is 47.4 Å². The van der Waals surface area contributed by atoms with Crippen LogP contribution in [-0.2, 0) is 5.75 Å². The van der Waals surface area contributed by atoms with Crippen molar-refractivity contribution in [3.05, 3.63) is 53.6 Å². The molecule has 0 saturated carbocycles. The smallest absolute Gasteiger partial charge is 0.162 e. The van der Waals surface area contributed by atoms with E-state index in [9.17, 15) is 9.90 Å². The van der Waals surface area contributed by atoms with Crippen molar-refractivity contribution in [2.45, 2.75) is 24.0 Å². The second-order valence-corrected chi connectivity index (χ2v) is 5.65. The highest BCUT2D eigenvalue weighted by Crippen LogP contribution is 2.30. The van der Waals surface area contributed by atoms with E-state index in [0.717, 1.165) is 0 Å². The molecule has 3 rings (SSSR count). The minimum Gasteiger partial charge on any atom is -0.504 e. The molecule has 0 amide bonds. The molecule has 2 aromatic rings. The molecular weight excluding hydrogens is 284 g/mol. The number of carbonyl (C=O) groups is 1. The predicted molar refractivity (Wildman–Crippen MR) is 85.3 cm³/mol. The van der Waals surface area contributed by atoms with Crippen LogP contribution in [-0.4, -0.2) is 18.0 Å². The van der Waals surface area contributed by atoms with Gasteiger partial charge < -0.3 is 9.84 Å². The molecule has 0 radical (unpaired) electrons. The van der Waals surface area contributed by atoms with Crippen LogP contribution in [0.4, 0.5) is 0 Å². The Hall–Kier alpha value is -1.94. The number of ether oxygens (including phenoxy) is 1. The Balaban J connectivity index is 0.000000170. The fraction of sp³-hybridized carbons (Fsp3) is 0.235. The van der Waals surface area contributed by atoms with Crippen molar-refractivity contribution < 1.29 is 14.6 Å². The van der Waals surface area contributed by atoms with Crippen molar-refractivity contribution in [3.63, 3.8) is 0 Å². The van der Waals surface area contributed by atoms with Gasteiger partial charge in [0.1, 0.15) is 0 Å². The summed E-state index contributed by atoms with van der Waals surface area (Å²) in [5.41, 5.74) is 2.03. The Kier molecular flexibility index (Phi) is 5.28. The summed E-state index contributed by atoms with van der Waals surface area (Å²) < 4.78 is 4.88. The maximum absolute atomic E-state index is 11.3. The summed E-state index contributed by atoms with van der Waals surface area (Å²) in [6, 6.07) is 13.3. The first kappa shape index (κ1) is 15.4. The number of Topliss-reactive ketones (excluding diaryl/α,β-unsaturated/α-hetero) is 1. The standard InChI is InChI=1S/C10H12O3.C7H6S/c1-3-8(11)7-4-5-9(12)10(6-7)13-2;1-2-6-4-7(3-1)8-5-6/h4-6,12H,3H2,1-2H3;1-4H,5H2. The number of hydrogen-bond acceptors (Lipinski definition) is 4. The molecule has 0 saturated heterocycles. The highest BCUT2D eigenvalue weighted by Gasteiger charge is 2.07. The van der Waals surface area contributed by atoms with Gasteiger partial charge in [0, 0.05) is 22.6 Å². The zero-order chi connectivity index (χ0) is 15.2. The van der Waals surface area contributed by atoms with E-state index in [2.05, 4.69) is 24.3 Å². The van der Waals surface area contributed by atoms with Gasteiger partial charge in [0.05, 0.1) is 7.11 Å². The van der Waals surface area contributed by atoms with Crippen molar-refractivity contribution >= 4 is 17.5 Å². The van der Waals surface area contributed by atoms with Crippen LogP contribution in [0.2, 0.25) is 0 Å². The number of methoxy groups -OCH3 is 1. The Labute approximate surface area is 129 Å². The third kappa shape index (κ3) is 4.02. The summed E-state index contributed by atoms with van der Waals surface area (Å²) in [6.45, 7) is 1.79. The third-order valence-corrected chi connectivity index (χ3v) is 4.19. The number of benzene rings is 2. The zero-order valence-corrected chi connectivity index (χ0v) is 12.9. The van der Waals surface area contributed by atoms with E-state index in [-0.39, 0.29) is 11.5 Å². The number of thioether (sulfide) groups is 1. The molecule has 0 spiro atoms. The zero-order valence-electron chi connectivity index (χ0n) is 12.1. The minimum atomic E-state index is 0.0401. The number of ketones is 1. The number of aromatic hydroxyl groups is 1. The van der Waals surface area contributed by atoms with E-state index in [1.807, 2.05) is 11.8 Å². The summed E-state index contributed by atoms with van der Waals surface area (Å²) >= 11 is 1.92.